The van der Waals surface area contributed by atoms with E-state index in [1.165, 1.54) is 72.9 Å². The van der Waals surface area contributed by atoms with Gasteiger partial charge in [-0.2, -0.15) is 0 Å². The SMILES string of the molecule is Cc1cc2c(cc1N(c1cc(Cl)cc(C3CCCCC3)c1)c1ccc3c(c1)oc1ccccc13)C(C)(C)CCC2(C)C. The molecule has 3 heteroatoms. The first kappa shape index (κ1) is 27.6. The lowest BCUT2D eigenvalue weighted by Gasteiger charge is -2.43. The number of nitrogens with zero attached hydrogens (tertiary/aromatic N) is 1. The number of para-hydroxylation sites is 1. The standard InChI is InChI=1S/C39H42ClNO/c1-25-19-33-34(39(4,5)18-17-38(33,2)3)24-35(25)41(30-21-27(20-28(40)22-30)26-11-7-6-8-12-26)29-15-16-32-31-13-9-10-14-36(31)42-37(32)23-29/h9-10,13-16,19-24,26H,6-8,11-12,17-18H2,1-5H3. The second kappa shape index (κ2) is 10.2. The van der Waals surface area contributed by atoms with Crippen LogP contribution < -0.4 is 4.90 Å². The van der Waals surface area contributed by atoms with Crippen LogP contribution in [0.25, 0.3) is 21.9 Å². The molecule has 0 unspecified atom stereocenters. The summed E-state index contributed by atoms with van der Waals surface area (Å²) in [6, 6.07) is 26.7. The second-order valence-corrected chi connectivity index (χ2v) is 14.6. The Morgan fingerprint density at radius 3 is 2.17 bits per heavy atom. The molecular formula is C39H42ClNO. The summed E-state index contributed by atoms with van der Waals surface area (Å²) in [5.41, 5.74) is 11.1. The van der Waals surface area contributed by atoms with Crippen LogP contribution in [0, 0.1) is 6.92 Å². The summed E-state index contributed by atoms with van der Waals surface area (Å²) in [5.74, 6) is 0.570. The summed E-state index contributed by atoms with van der Waals surface area (Å²) in [6.07, 6.45) is 8.81. The fourth-order valence-electron chi connectivity index (χ4n) is 7.63. The first-order valence-corrected chi connectivity index (χ1v) is 16.2. The van der Waals surface area contributed by atoms with Gasteiger partial charge in [-0.15, -0.1) is 0 Å². The van der Waals surface area contributed by atoms with Gasteiger partial charge < -0.3 is 9.32 Å². The molecule has 1 saturated carbocycles. The minimum atomic E-state index is 0.114. The smallest absolute Gasteiger partial charge is 0.137 e. The molecule has 2 nitrogen and oxygen atoms in total. The average Bonchev–Trinajstić information content (AvgIpc) is 3.34. The minimum Gasteiger partial charge on any atom is -0.456 e. The molecule has 1 fully saturated rings. The number of hydrogen-bond donors (Lipinski definition) is 0. The number of benzene rings is 4. The van der Waals surface area contributed by atoms with Gasteiger partial charge in [-0.1, -0.05) is 82.8 Å². The van der Waals surface area contributed by atoms with Gasteiger partial charge in [-0.05, 0) is 114 Å². The van der Waals surface area contributed by atoms with Crippen LogP contribution in [0.4, 0.5) is 17.1 Å². The lowest BCUT2D eigenvalue weighted by Crippen LogP contribution is -2.34. The predicted molar refractivity (Wildman–Crippen MR) is 179 cm³/mol. The molecule has 216 valence electrons. The third kappa shape index (κ3) is 4.73. The lowest BCUT2D eigenvalue weighted by molar-refractivity contribution is 0.332. The fourth-order valence-corrected chi connectivity index (χ4v) is 7.87. The Kier molecular flexibility index (Phi) is 6.70. The Balaban J connectivity index is 1.46. The Labute approximate surface area is 255 Å². The van der Waals surface area contributed by atoms with Crippen molar-refractivity contribution in [1.29, 1.82) is 0 Å². The summed E-state index contributed by atoms with van der Waals surface area (Å²) < 4.78 is 6.39. The number of fused-ring (bicyclic) bond motifs is 4. The highest BCUT2D eigenvalue weighted by atomic mass is 35.5. The van der Waals surface area contributed by atoms with Gasteiger partial charge >= 0.3 is 0 Å². The zero-order valence-electron chi connectivity index (χ0n) is 25.7. The van der Waals surface area contributed by atoms with E-state index in [0.29, 0.717) is 5.92 Å². The molecule has 0 aliphatic heterocycles. The number of furan rings is 1. The molecule has 2 aliphatic rings. The van der Waals surface area contributed by atoms with Crippen molar-refractivity contribution in [3.8, 4) is 0 Å². The molecule has 42 heavy (non-hydrogen) atoms. The van der Waals surface area contributed by atoms with E-state index in [1.807, 2.05) is 6.07 Å². The van der Waals surface area contributed by atoms with Gasteiger partial charge in [0.1, 0.15) is 11.2 Å². The summed E-state index contributed by atoms with van der Waals surface area (Å²) in [7, 11) is 0. The predicted octanol–water partition coefficient (Wildman–Crippen LogP) is 12.4. The molecule has 2 aliphatic carbocycles. The molecule has 7 rings (SSSR count). The minimum absolute atomic E-state index is 0.114. The maximum Gasteiger partial charge on any atom is 0.137 e. The van der Waals surface area contributed by atoms with Crippen molar-refractivity contribution in [2.75, 3.05) is 4.90 Å². The third-order valence-electron chi connectivity index (χ3n) is 10.3. The number of anilines is 3. The summed E-state index contributed by atoms with van der Waals surface area (Å²) in [4.78, 5) is 2.43. The van der Waals surface area contributed by atoms with Crippen molar-refractivity contribution >= 4 is 50.6 Å². The van der Waals surface area contributed by atoms with Crippen LogP contribution in [-0.2, 0) is 10.8 Å². The van der Waals surface area contributed by atoms with Crippen LogP contribution in [0.15, 0.2) is 77.2 Å². The molecule has 0 bridgehead atoms. The Morgan fingerprint density at radius 2 is 1.40 bits per heavy atom. The largest absolute Gasteiger partial charge is 0.456 e. The molecule has 0 N–H and O–H groups in total. The van der Waals surface area contributed by atoms with Crippen LogP contribution >= 0.6 is 11.6 Å². The van der Waals surface area contributed by atoms with Crippen molar-refractivity contribution in [2.45, 2.75) is 96.3 Å². The molecule has 0 radical (unpaired) electrons. The molecular weight excluding hydrogens is 534 g/mol. The van der Waals surface area contributed by atoms with E-state index in [9.17, 15) is 0 Å². The molecule has 1 aromatic heterocycles. The van der Waals surface area contributed by atoms with Crippen LogP contribution in [0.2, 0.25) is 5.02 Å². The number of rotatable bonds is 4. The maximum atomic E-state index is 6.93. The second-order valence-electron chi connectivity index (χ2n) is 14.1. The van der Waals surface area contributed by atoms with E-state index in [2.05, 4.69) is 106 Å². The van der Waals surface area contributed by atoms with E-state index < -0.39 is 0 Å². The monoisotopic (exact) mass is 575 g/mol. The topological polar surface area (TPSA) is 16.4 Å². The van der Waals surface area contributed by atoms with Gasteiger partial charge in [-0.3, -0.25) is 0 Å². The molecule has 1 heterocycles. The van der Waals surface area contributed by atoms with Crippen molar-refractivity contribution in [1.82, 2.24) is 0 Å². The Hall–Kier alpha value is -3.23. The first-order valence-electron chi connectivity index (χ1n) is 15.8. The third-order valence-corrected chi connectivity index (χ3v) is 10.5. The molecule has 5 aromatic rings. The van der Waals surface area contributed by atoms with Crippen LogP contribution in [0.5, 0.6) is 0 Å². The van der Waals surface area contributed by atoms with Crippen molar-refractivity contribution in [3.63, 3.8) is 0 Å². The van der Waals surface area contributed by atoms with E-state index in [1.54, 1.807) is 0 Å². The highest BCUT2D eigenvalue weighted by molar-refractivity contribution is 6.31. The van der Waals surface area contributed by atoms with Crippen molar-refractivity contribution in [2.24, 2.45) is 0 Å². The molecule has 0 spiro atoms. The number of aryl methyl sites for hydroxylation is 1. The Morgan fingerprint density at radius 1 is 0.714 bits per heavy atom. The van der Waals surface area contributed by atoms with Gasteiger partial charge in [0.15, 0.2) is 0 Å². The normalized spacial score (nSPS) is 18.3. The van der Waals surface area contributed by atoms with Crippen LogP contribution in [-0.4, -0.2) is 0 Å². The van der Waals surface area contributed by atoms with Crippen LogP contribution in [0.1, 0.15) is 101 Å². The first-order chi connectivity index (χ1) is 20.1. The molecule has 0 atom stereocenters. The van der Waals surface area contributed by atoms with Gasteiger partial charge in [0.2, 0.25) is 0 Å². The summed E-state index contributed by atoms with van der Waals surface area (Å²) in [5, 5.41) is 3.11. The van der Waals surface area contributed by atoms with E-state index in [0.717, 1.165) is 38.3 Å². The lowest BCUT2D eigenvalue weighted by atomic mass is 9.63. The van der Waals surface area contributed by atoms with Gasteiger partial charge in [0.25, 0.3) is 0 Å². The van der Waals surface area contributed by atoms with E-state index in [4.69, 9.17) is 16.0 Å². The highest BCUT2D eigenvalue weighted by Crippen LogP contribution is 2.50. The van der Waals surface area contributed by atoms with Gasteiger partial charge in [0.05, 0.1) is 0 Å². The number of halogens is 1. The highest BCUT2D eigenvalue weighted by Gasteiger charge is 2.38. The quantitative estimate of drug-likeness (QED) is 0.212. The summed E-state index contributed by atoms with van der Waals surface area (Å²) >= 11 is 6.93. The van der Waals surface area contributed by atoms with Crippen LogP contribution in [0.3, 0.4) is 0 Å². The van der Waals surface area contributed by atoms with Gasteiger partial charge in [-0.25, -0.2) is 0 Å². The number of hydrogen-bond acceptors (Lipinski definition) is 2. The van der Waals surface area contributed by atoms with Gasteiger partial charge in [0, 0.05) is 38.9 Å². The maximum absolute atomic E-state index is 6.93. The zero-order chi connectivity index (χ0) is 29.2. The fraction of sp³-hybridized carbons (Fsp3) is 0.385. The Bertz CT molecular complexity index is 1800. The molecule has 0 amide bonds. The molecule has 0 saturated heterocycles. The zero-order valence-corrected chi connectivity index (χ0v) is 26.4. The summed E-state index contributed by atoms with van der Waals surface area (Å²) in [6.45, 7) is 11.9. The molecule has 4 aromatic carbocycles. The van der Waals surface area contributed by atoms with Crippen molar-refractivity contribution in [3.05, 3.63) is 100 Å². The van der Waals surface area contributed by atoms with E-state index in [-0.39, 0.29) is 10.8 Å². The van der Waals surface area contributed by atoms with E-state index >= 15 is 0 Å². The average molecular weight is 576 g/mol. The van der Waals surface area contributed by atoms with Crippen molar-refractivity contribution < 1.29 is 4.42 Å².